The lowest BCUT2D eigenvalue weighted by molar-refractivity contribution is -0.126. The molecule has 0 saturated heterocycles. The van der Waals surface area contributed by atoms with Gasteiger partial charge in [-0.05, 0) is 38.8 Å². The van der Waals surface area contributed by atoms with Crippen LogP contribution in [-0.4, -0.2) is 23.9 Å². The number of hydrogen-bond acceptors (Lipinski definition) is 1. The minimum Gasteiger partial charge on any atom is -0.339 e. The molecule has 92 valence electrons. The summed E-state index contributed by atoms with van der Waals surface area (Å²) in [6.45, 7) is 9.44. The molecule has 0 aliphatic rings. The third kappa shape index (κ3) is 3.19. The van der Waals surface area contributed by atoms with Crippen molar-refractivity contribution in [3.63, 3.8) is 0 Å². The molecule has 0 spiro atoms. The molecule has 1 rings (SSSR count). The van der Waals surface area contributed by atoms with Crippen LogP contribution in [0.15, 0.2) is 35.9 Å². The Morgan fingerprint density at radius 1 is 1.06 bits per heavy atom. The molecule has 0 saturated carbocycles. The number of rotatable bonds is 4. The maximum Gasteiger partial charge on any atom is 0.249 e. The van der Waals surface area contributed by atoms with E-state index in [2.05, 4.69) is 0 Å². The summed E-state index contributed by atoms with van der Waals surface area (Å²) in [5.41, 5.74) is 3.01. The van der Waals surface area contributed by atoms with Crippen LogP contribution in [0.2, 0.25) is 0 Å². The van der Waals surface area contributed by atoms with Crippen molar-refractivity contribution in [2.75, 3.05) is 13.1 Å². The Kier molecular flexibility index (Phi) is 4.95. The van der Waals surface area contributed by atoms with Gasteiger partial charge in [0.05, 0.1) is 0 Å². The number of nitrogens with zero attached hydrogens (tertiary/aromatic N) is 1. The first kappa shape index (κ1) is 13.5. The van der Waals surface area contributed by atoms with E-state index in [1.54, 1.807) is 0 Å². The Morgan fingerprint density at radius 2 is 1.59 bits per heavy atom. The van der Waals surface area contributed by atoms with Gasteiger partial charge in [-0.1, -0.05) is 30.3 Å². The van der Waals surface area contributed by atoms with E-state index in [0.717, 1.165) is 29.8 Å². The Balaban J connectivity index is 3.01. The molecular formula is C15H21NO. The van der Waals surface area contributed by atoms with Crippen molar-refractivity contribution >= 4 is 11.5 Å². The molecular weight excluding hydrogens is 210 g/mol. The first-order chi connectivity index (χ1) is 8.11. The largest absolute Gasteiger partial charge is 0.339 e. The zero-order valence-electron chi connectivity index (χ0n) is 11.2. The highest BCUT2D eigenvalue weighted by Gasteiger charge is 2.14. The zero-order valence-corrected chi connectivity index (χ0v) is 11.2. The summed E-state index contributed by atoms with van der Waals surface area (Å²) in [7, 11) is 0. The average Bonchev–Trinajstić information content (AvgIpc) is 2.39. The smallest absolute Gasteiger partial charge is 0.249 e. The highest BCUT2D eigenvalue weighted by atomic mass is 16.2. The molecule has 0 N–H and O–H groups in total. The fourth-order valence-electron chi connectivity index (χ4n) is 1.81. The Morgan fingerprint density at radius 3 is 2.06 bits per heavy atom. The summed E-state index contributed by atoms with van der Waals surface area (Å²) in [6.07, 6.45) is 0. The number of carbonyl (C=O) groups is 1. The van der Waals surface area contributed by atoms with Gasteiger partial charge in [-0.25, -0.2) is 0 Å². The molecule has 0 atom stereocenters. The minimum atomic E-state index is 0.136. The molecule has 0 fully saturated rings. The maximum absolute atomic E-state index is 12.2. The van der Waals surface area contributed by atoms with Crippen molar-refractivity contribution in [1.82, 2.24) is 4.90 Å². The summed E-state index contributed by atoms with van der Waals surface area (Å²) in [6, 6.07) is 10.0. The number of benzene rings is 1. The molecule has 0 radical (unpaired) electrons. The minimum absolute atomic E-state index is 0.136. The second kappa shape index (κ2) is 6.24. The van der Waals surface area contributed by atoms with E-state index in [1.165, 1.54) is 0 Å². The predicted octanol–water partition coefficient (Wildman–Crippen LogP) is 3.35. The summed E-state index contributed by atoms with van der Waals surface area (Å²) >= 11 is 0. The van der Waals surface area contributed by atoms with Crippen LogP contribution in [0.4, 0.5) is 0 Å². The van der Waals surface area contributed by atoms with Crippen LogP contribution in [-0.2, 0) is 4.79 Å². The van der Waals surface area contributed by atoms with Crippen LogP contribution < -0.4 is 0 Å². The van der Waals surface area contributed by atoms with Crippen LogP contribution in [0, 0.1) is 0 Å². The van der Waals surface area contributed by atoms with Crippen molar-refractivity contribution < 1.29 is 4.79 Å². The molecule has 1 amide bonds. The van der Waals surface area contributed by atoms with Crippen molar-refractivity contribution in [3.8, 4) is 0 Å². The Hall–Kier alpha value is -1.57. The third-order valence-electron chi connectivity index (χ3n) is 3.14. The molecule has 2 heteroatoms. The standard InChI is InChI=1S/C15H21NO/c1-5-16(6-2)15(17)13(4)12(3)14-10-8-7-9-11-14/h7-11H,5-6H2,1-4H3/b13-12-. The lowest BCUT2D eigenvalue weighted by atomic mass is 10.0. The normalized spacial score (nSPS) is 12.0. The molecule has 0 bridgehead atoms. The Labute approximate surface area is 104 Å². The van der Waals surface area contributed by atoms with Crippen molar-refractivity contribution in [2.45, 2.75) is 27.7 Å². The molecule has 0 heterocycles. The number of likely N-dealkylation sites (N-methyl/N-ethyl adjacent to an activating group) is 1. The molecule has 0 aromatic heterocycles. The van der Waals surface area contributed by atoms with Crippen LogP contribution in [0.1, 0.15) is 33.3 Å². The highest BCUT2D eigenvalue weighted by molar-refractivity contribution is 6.00. The van der Waals surface area contributed by atoms with Gasteiger partial charge in [0, 0.05) is 18.7 Å². The fraction of sp³-hybridized carbons (Fsp3) is 0.400. The van der Waals surface area contributed by atoms with Crippen molar-refractivity contribution in [2.24, 2.45) is 0 Å². The van der Waals surface area contributed by atoms with E-state index in [0.29, 0.717) is 0 Å². The van der Waals surface area contributed by atoms with Crippen molar-refractivity contribution in [1.29, 1.82) is 0 Å². The predicted molar refractivity (Wildman–Crippen MR) is 72.6 cm³/mol. The van der Waals surface area contributed by atoms with Gasteiger partial charge >= 0.3 is 0 Å². The fourth-order valence-corrected chi connectivity index (χ4v) is 1.81. The summed E-state index contributed by atoms with van der Waals surface area (Å²) in [5, 5.41) is 0. The van der Waals surface area contributed by atoms with E-state index in [1.807, 2.05) is 62.9 Å². The van der Waals surface area contributed by atoms with Gasteiger partial charge in [0.15, 0.2) is 0 Å². The first-order valence-electron chi connectivity index (χ1n) is 6.14. The quantitative estimate of drug-likeness (QED) is 0.728. The van der Waals surface area contributed by atoms with Gasteiger partial charge < -0.3 is 4.90 Å². The molecule has 2 nitrogen and oxygen atoms in total. The monoisotopic (exact) mass is 231 g/mol. The number of allylic oxidation sites excluding steroid dienone is 1. The van der Waals surface area contributed by atoms with Gasteiger partial charge in [-0.3, -0.25) is 4.79 Å². The Bertz CT molecular complexity index is 402. The molecule has 0 aliphatic carbocycles. The summed E-state index contributed by atoms with van der Waals surface area (Å²) in [4.78, 5) is 14.0. The van der Waals surface area contributed by atoms with Crippen LogP contribution >= 0.6 is 0 Å². The van der Waals surface area contributed by atoms with Gasteiger partial charge in [0.25, 0.3) is 0 Å². The molecule has 1 aromatic carbocycles. The maximum atomic E-state index is 12.2. The number of hydrogen-bond donors (Lipinski definition) is 0. The van der Waals surface area contributed by atoms with E-state index in [-0.39, 0.29) is 5.91 Å². The second-order valence-corrected chi connectivity index (χ2v) is 4.09. The number of carbonyl (C=O) groups excluding carboxylic acids is 1. The average molecular weight is 231 g/mol. The van der Waals surface area contributed by atoms with Gasteiger partial charge in [-0.2, -0.15) is 0 Å². The number of amides is 1. The van der Waals surface area contributed by atoms with E-state index >= 15 is 0 Å². The van der Waals surface area contributed by atoms with E-state index < -0.39 is 0 Å². The van der Waals surface area contributed by atoms with Crippen LogP contribution in [0.25, 0.3) is 5.57 Å². The molecule has 0 unspecified atom stereocenters. The third-order valence-corrected chi connectivity index (χ3v) is 3.14. The topological polar surface area (TPSA) is 20.3 Å². The van der Waals surface area contributed by atoms with Gasteiger partial charge in [0.1, 0.15) is 0 Å². The van der Waals surface area contributed by atoms with Gasteiger partial charge in [-0.15, -0.1) is 0 Å². The summed E-state index contributed by atoms with van der Waals surface area (Å²) < 4.78 is 0. The second-order valence-electron chi connectivity index (χ2n) is 4.09. The van der Waals surface area contributed by atoms with Crippen LogP contribution in [0.3, 0.4) is 0 Å². The van der Waals surface area contributed by atoms with E-state index in [9.17, 15) is 4.79 Å². The molecule has 0 aliphatic heterocycles. The first-order valence-corrected chi connectivity index (χ1v) is 6.14. The van der Waals surface area contributed by atoms with E-state index in [4.69, 9.17) is 0 Å². The molecule has 17 heavy (non-hydrogen) atoms. The summed E-state index contributed by atoms with van der Waals surface area (Å²) in [5.74, 6) is 0.136. The van der Waals surface area contributed by atoms with Crippen LogP contribution in [0.5, 0.6) is 0 Å². The van der Waals surface area contributed by atoms with Gasteiger partial charge in [0.2, 0.25) is 5.91 Å². The lowest BCUT2D eigenvalue weighted by Gasteiger charge is -2.20. The molecule has 1 aromatic rings. The highest BCUT2D eigenvalue weighted by Crippen LogP contribution is 2.19. The zero-order chi connectivity index (χ0) is 12.8. The van der Waals surface area contributed by atoms with Crippen molar-refractivity contribution in [3.05, 3.63) is 41.5 Å². The SMILES string of the molecule is CCN(CC)C(=O)/C(C)=C(/C)c1ccccc1. The lowest BCUT2D eigenvalue weighted by Crippen LogP contribution is -2.31.